The molecule has 1 aromatic rings. The molecule has 2 rings (SSSR count). The summed E-state index contributed by atoms with van der Waals surface area (Å²) in [5.41, 5.74) is 0.872. The van der Waals surface area contributed by atoms with Crippen LogP contribution in [0, 0.1) is 17.7 Å². The number of ether oxygens (including phenoxy) is 1. The van der Waals surface area contributed by atoms with Crippen LogP contribution in [-0.4, -0.2) is 20.2 Å². The van der Waals surface area contributed by atoms with Gasteiger partial charge in [-0.25, -0.2) is 4.39 Å². The second-order valence-corrected chi connectivity index (χ2v) is 6.15. The van der Waals surface area contributed by atoms with E-state index >= 15 is 0 Å². The first-order valence-corrected chi connectivity index (χ1v) is 8.23. The van der Waals surface area contributed by atoms with Gasteiger partial charge in [-0.1, -0.05) is 32.8 Å². The molecule has 3 unspecified atom stereocenters. The molecule has 0 amide bonds. The highest BCUT2D eigenvalue weighted by molar-refractivity contribution is 5.32. The minimum Gasteiger partial charge on any atom is -0.497 e. The molecule has 0 heterocycles. The van der Waals surface area contributed by atoms with E-state index in [1.54, 1.807) is 7.11 Å². The lowest BCUT2D eigenvalue weighted by molar-refractivity contribution is 0.223. The molecule has 0 spiro atoms. The summed E-state index contributed by atoms with van der Waals surface area (Å²) in [4.78, 5) is 0. The molecule has 1 aromatic carbocycles. The van der Waals surface area contributed by atoms with Crippen LogP contribution in [0.25, 0.3) is 0 Å². The largest absolute Gasteiger partial charge is 0.497 e. The number of rotatable bonds is 6. The van der Waals surface area contributed by atoms with Gasteiger partial charge in [-0.2, -0.15) is 0 Å². The summed E-state index contributed by atoms with van der Waals surface area (Å²) in [5.74, 6) is 2.08. The summed E-state index contributed by atoms with van der Waals surface area (Å²) < 4.78 is 19.6. The Kier molecular flexibility index (Phi) is 6.04. The highest BCUT2D eigenvalue weighted by Crippen LogP contribution is 2.42. The van der Waals surface area contributed by atoms with Crippen molar-refractivity contribution in [1.82, 2.24) is 5.32 Å². The van der Waals surface area contributed by atoms with Gasteiger partial charge < -0.3 is 10.1 Å². The molecule has 3 heteroatoms. The van der Waals surface area contributed by atoms with E-state index in [2.05, 4.69) is 19.2 Å². The summed E-state index contributed by atoms with van der Waals surface area (Å²) in [6.45, 7) is 6.34. The van der Waals surface area contributed by atoms with Crippen molar-refractivity contribution in [2.75, 3.05) is 20.2 Å². The molecule has 118 valence electrons. The Morgan fingerprint density at radius 3 is 2.71 bits per heavy atom. The lowest BCUT2D eigenvalue weighted by atomic mass is 9.70. The van der Waals surface area contributed by atoms with Crippen LogP contribution in [0.5, 0.6) is 5.75 Å². The highest BCUT2D eigenvalue weighted by atomic mass is 19.1. The third-order valence-corrected chi connectivity index (χ3v) is 4.94. The molecule has 0 saturated heterocycles. The second-order valence-electron chi connectivity index (χ2n) is 6.15. The predicted molar refractivity (Wildman–Crippen MR) is 85.4 cm³/mol. The monoisotopic (exact) mass is 293 g/mol. The zero-order valence-electron chi connectivity index (χ0n) is 13.5. The summed E-state index contributed by atoms with van der Waals surface area (Å²) in [7, 11) is 1.58. The highest BCUT2D eigenvalue weighted by Gasteiger charge is 2.32. The van der Waals surface area contributed by atoms with Gasteiger partial charge in [0.05, 0.1) is 7.11 Å². The van der Waals surface area contributed by atoms with Crippen LogP contribution in [0.15, 0.2) is 18.2 Å². The molecule has 1 N–H and O–H groups in total. The van der Waals surface area contributed by atoms with E-state index in [4.69, 9.17) is 4.74 Å². The smallest absolute Gasteiger partial charge is 0.130 e. The first-order valence-electron chi connectivity index (χ1n) is 8.23. The Balaban J connectivity index is 2.21. The molecule has 1 aliphatic rings. The Hall–Kier alpha value is -1.09. The molecule has 3 atom stereocenters. The van der Waals surface area contributed by atoms with Gasteiger partial charge in [0.15, 0.2) is 0 Å². The predicted octanol–water partition coefficient (Wildman–Crippen LogP) is 4.35. The van der Waals surface area contributed by atoms with Crippen LogP contribution < -0.4 is 10.1 Å². The van der Waals surface area contributed by atoms with Crippen molar-refractivity contribution in [1.29, 1.82) is 0 Å². The Labute approximate surface area is 128 Å². The van der Waals surface area contributed by atoms with Crippen molar-refractivity contribution in [3.05, 3.63) is 29.6 Å². The first-order chi connectivity index (χ1) is 10.2. The third kappa shape index (κ3) is 3.97. The van der Waals surface area contributed by atoms with E-state index in [9.17, 15) is 4.39 Å². The molecule has 0 aromatic heterocycles. The number of nitrogens with one attached hydrogen (secondary N) is 1. The molecule has 0 bridgehead atoms. The summed E-state index contributed by atoms with van der Waals surface area (Å²) >= 11 is 0. The van der Waals surface area contributed by atoms with E-state index in [0.29, 0.717) is 17.6 Å². The molecule has 21 heavy (non-hydrogen) atoms. The standard InChI is InChI=1S/C18H28FNO/c1-4-13-6-7-14(12-20-5-2)17(10-13)16-9-8-15(21-3)11-18(16)19/h8-9,11,13-14,17,20H,4-7,10,12H2,1-3H3. The van der Waals surface area contributed by atoms with Gasteiger partial charge in [-0.15, -0.1) is 0 Å². The van der Waals surface area contributed by atoms with Crippen molar-refractivity contribution in [2.24, 2.45) is 11.8 Å². The number of methoxy groups -OCH3 is 1. The molecule has 0 radical (unpaired) electrons. The van der Waals surface area contributed by atoms with Gasteiger partial charge in [-0.05, 0) is 55.3 Å². The fourth-order valence-corrected chi connectivity index (χ4v) is 3.58. The fourth-order valence-electron chi connectivity index (χ4n) is 3.58. The van der Waals surface area contributed by atoms with E-state index in [1.165, 1.54) is 25.3 Å². The summed E-state index contributed by atoms with van der Waals surface area (Å²) in [6.07, 6.45) is 4.78. The van der Waals surface area contributed by atoms with E-state index < -0.39 is 0 Å². The van der Waals surface area contributed by atoms with Gasteiger partial charge in [0.25, 0.3) is 0 Å². The van der Waals surface area contributed by atoms with Crippen LogP contribution in [0.2, 0.25) is 0 Å². The number of benzene rings is 1. The average molecular weight is 293 g/mol. The lowest BCUT2D eigenvalue weighted by Crippen LogP contribution is -2.32. The Morgan fingerprint density at radius 1 is 1.29 bits per heavy atom. The lowest BCUT2D eigenvalue weighted by Gasteiger charge is -2.36. The SMILES string of the molecule is CCNCC1CCC(CC)CC1c1ccc(OC)cc1F. The van der Waals surface area contributed by atoms with Crippen molar-refractivity contribution in [3.8, 4) is 5.75 Å². The first kappa shape index (κ1) is 16.3. The fraction of sp³-hybridized carbons (Fsp3) is 0.667. The zero-order valence-corrected chi connectivity index (χ0v) is 13.5. The van der Waals surface area contributed by atoms with E-state index in [-0.39, 0.29) is 5.82 Å². The number of hydrogen-bond donors (Lipinski definition) is 1. The molecule has 1 saturated carbocycles. The number of hydrogen-bond acceptors (Lipinski definition) is 2. The van der Waals surface area contributed by atoms with Gasteiger partial charge in [0.1, 0.15) is 11.6 Å². The van der Waals surface area contributed by atoms with E-state index in [0.717, 1.165) is 31.0 Å². The average Bonchev–Trinajstić information content (AvgIpc) is 2.52. The van der Waals surface area contributed by atoms with Gasteiger partial charge in [0.2, 0.25) is 0 Å². The normalized spacial score (nSPS) is 25.8. The Bertz CT molecular complexity index is 449. The van der Waals surface area contributed by atoms with Crippen molar-refractivity contribution < 1.29 is 9.13 Å². The quantitative estimate of drug-likeness (QED) is 0.841. The van der Waals surface area contributed by atoms with Crippen molar-refractivity contribution >= 4 is 0 Å². The maximum absolute atomic E-state index is 14.4. The topological polar surface area (TPSA) is 21.3 Å². The number of halogens is 1. The third-order valence-electron chi connectivity index (χ3n) is 4.94. The van der Waals surface area contributed by atoms with Crippen LogP contribution in [0.3, 0.4) is 0 Å². The Morgan fingerprint density at radius 2 is 2.10 bits per heavy atom. The van der Waals surface area contributed by atoms with Gasteiger partial charge in [-0.3, -0.25) is 0 Å². The maximum atomic E-state index is 14.4. The summed E-state index contributed by atoms with van der Waals surface area (Å²) in [6, 6.07) is 5.34. The van der Waals surface area contributed by atoms with Crippen molar-refractivity contribution in [3.63, 3.8) is 0 Å². The minimum atomic E-state index is -0.113. The zero-order chi connectivity index (χ0) is 15.2. The van der Waals surface area contributed by atoms with Crippen LogP contribution >= 0.6 is 0 Å². The van der Waals surface area contributed by atoms with Gasteiger partial charge >= 0.3 is 0 Å². The molecular weight excluding hydrogens is 265 g/mol. The molecular formula is C18H28FNO. The summed E-state index contributed by atoms with van der Waals surface area (Å²) in [5, 5.41) is 3.45. The van der Waals surface area contributed by atoms with Gasteiger partial charge in [0, 0.05) is 6.07 Å². The van der Waals surface area contributed by atoms with Crippen LogP contribution in [0.1, 0.15) is 51.0 Å². The molecule has 0 aliphatic heterocycles. The molecule has 2 nitrogen and oxygen atoms in total. The minimum absolute atomic E-state index is 0.113. The van der Waals surface area contributed by atoms with Crippen LogP contribution in [0.4, 0.5) is 4.39 Å². The second kappa shape index (κ2) is 7.79. The molecule has 1 fully saturated rings. The van der Waals surface area contributed by atoms with Crippen molar-refractivity contribution in [2.45, 2.75) is 45.4 Å². The maximum Gasteiger partial charge on any atom is 0.130 e. The van der Waals surface area contributed by atoms with Crippen LogP contribution in [-0.2, 0) is 0 Å². The van der Waals surface area contributed by atoms with E-state index in [1.807, 2.05) is 12.1 Å². The molecule has 1 aliphatic carbocycles.